The Kier molecular flexibility index (Phi) is 9.87. The zero-order valence-electron chi connectivity index (χ0n) is 17.4. The summed E-state index contributed by atoms with van der Waals surface area (Å²) in [5, 5.41) is 0. The van der Waals surface area contributed by atoms with E-state index < -0.39 is 18.2 Å². The first kappa shape index (κ1) is 22.3. The fourth-order valence-electron chi connectivity index (χ4n) is 3.62. The van der Waals surface area contributed by atoms with Gasteiger partial charge in [0.15, 0.2) is 6.04 Å². The maximum absolute atomic E-state index is 12.8. The predicted octanol–water partition coefficient (Wildman–Crippen LogP) is 5.47. The van der Waals surface area contributed by atoms with Gasteiger partial charge < -0.3 is 9.47 Å². The number of unbranched alkanes of at least 4 members (excludes halogenated alkanes) is 6. The minimum absolute atomic E-state index is 0.341. The summed E-state index contributed by atoms with van der Waals surface area (Å²) in [5.41, 5.74) is 0.974. The minimum Gasteiger partial charge on any atom is -0.464 e. The topological polar surface area (TPSA) is 55.8 Å². The zero-order chi connectivity index (χ0) is 20.2. The standard InChI is InChI=1S/C23H35NO4/c1-3-5-6-7-8-9-13-17-27-22(25)21-20(14-4-2)28-23(26)24(21)18-19-15-11-10-12-16-19/h10-12,15-16,20-21H,3-9,13-14,17-18H2,1-2H3/t20-,21+/m0/s1. The first-order chi connectivity index (χ1) is 13.7. The van der Waals surface area contributed by atoms with Crippen LogP contribution in [0.4, 0.5) is 4.79 Å². The molecule has 1 aromatic rings. The summed E-state index contributed by atoms with van der Waals surface area (Å²) in [6, 6.07) is 9.02. The smallest absolute Gasteiger partial charge is 0.411 e. The molecule has 5 heteroatoms. The lowest BCUT2D eigenvalue weighted by Crippen LogP contribution is -2.43. The molecule has 1 amide bonds. The Labute approximate surface area is 169 Å². The third-order valence-electron chi connectivity index (χ3n) is 5.18. The second-order valence-corrected chi connectivity index (χ2v) is 7.56. The highest BCUT2D eigenvalue weighted by molar-refractivity contribution is 5.85. The van der Waals surface area contributed by atoms with E-state index in [4.69, 9.17) is 9.47 Å². The number of ether oxygens (including phenoxy) is 2. The van der Waals surface area contributed by atoms with Crippen LogP contribution in [-0.4, -0.2) is 35.7 Å². The molecule has 28 heavy (non-hydrogen) atoms. The van der Waals surface area contributed by atoms with E-state index in [9.17, 15) is 9.59 Å². The van der Waals surface area contributed by atoms with E-state index in [-0.39, 0.29) is 5.97 Å². The normalized spacial score (nSPS) is 18.9. The van der Waals surface area contributed by atoms with Gasteiger partial charge in [0.25, 0.3) is 0 Å². The molecule has 0 aliphatic carbocycles. The molecule has 1 aliphatic rings. The van der Waals surface area contributed by atoms with E-state index in [1.54, 1.807) is 0 Å². The third kappa shape index (κ3) is 6.84. The molecule has 0 unspecified atom stereocenters. The van der Waals surface area contributed by atoms with Gasteiger partial charge in [-0.2, -0.15) is 0 Å². The van der Waals surface area contributed by atoms with Crippen molar-refractivity contribution in [1.29, 1.82) is 0 Å². The highest BCUT2D eigenvalue weighted by Gasteiger charge is 2.46. The maximum Gasteiger partial charge on any atom is 0.411 e. The van der Waals surface area contributed by atoms with Crippen molar-refractivity contribution in [1.82, 2.24) is 4.90 Å². The highest BCUT2D eigenvalue weighted by atomic mass is 16.6. The molecule has 1 saturated heterocycles. The van der Waals surface area contributed by atoms with Crippen LogP contribution >= 0.6 is 0 Å². The number of nitrogens with zero attached hydrogens (tertiary/aromatic N) is 1. The number of hydrogen-bond acceptors (Lipinski definition) is 4. The van der Waals surface area contributed by atoms with Crippen molar-refractivity contribution >= 4 is 12.1 Å². The van der Waals surface area contributed by atoms with Crippen LogP contribution in [-0.2, 0) is 20.8 Å². The van der Waals surface area contributed by atoms with Gasteiger partial charge in [0.05, 0.1) is 13.2 Å². The summed E-state index contributed by atoms with van der Waals surface area (Å²) in [5.74, 6) is -0.341. The van der Waals surface area contributed by atoms with E-state index in [0.717, 1.165) is 24.8 Å². The molecule has 2 atom stereocenters. The van der Waals surface area contributed by atoms with Crippen molar-refractivity contribution in [3.63, 3.8) is 0 Å². The summed E-state index contributed by atoms with van der Waals surface area (Å²) in [4.78, 5) is 26.6. The Morgan fingerprint density at radius 2 is 1.68 bits per heavy atom. The average molecular weight is 390 g/mol. The minimum atomic E-state index is -0.655. The Balaban J connectivity index is 1.86. The Bertz CT molecular complexity index is 590. The molecule has 0 bridgehead atoms. The molecular weight excluding hydrogens is 354 g/mol. The van der Waals surface area contributed by atoms with Gasteiger partial charge in [0, 0.05) is 0 Å². The highest BCUT2D eigenvalue weighted by Crippen LogP contribution is 2.26. The van der Waals surface area contributed by atoms with Crippen molar-refractivity contribution in [3.8, 4) is 0 Å². The third-order valence-corrected chi connectivity index (χ3v) is 5.18. The van der Waals surface area contributed by atoms with E-state index in [0.29, 0.717) is 19.6 Å². The first-order valence-electron chi connectivity index (χ1n) is 10.8. The van der Waals surface area contributed by atoms with Crippen molar-refractivity contribution in [3.05, 3.63) is 35.9 Å². The largest absolute Gasteiger partial charge is 0.464 e. The Hall–Kier alpha value is -2.04. The van der Waals surface area contributed by atoms with Crippen molar-refractivity contribution in [2.24, 2.45) is 0 Å². The van der Waals surface area contributed by atoms with Crippen molar-refractivity contribution < 1.29 is 19.1 Å². The quantitative estimate of drug-likeness (QED) is 0.331. The number of rotatable bonds is 13. The molecule has 5 nitrogen and oxygen atoms in total. The fourth-order valence-corrected chi connectivity index (χ4v) is 3.62. The molecule has 0 N–H and O–H groups in total. The van der Waals surface area contributed by atoms with E-state index in [1.165, 1.54) is 37.0 Å². The van der Waals surface area contributed by atoms with Crippen LogP contribution < -0.4 is 0 Å². The Morgan fingerprint density at radius 3 is 2.36 bits per heavy atom. The van der Waals surface area contributed by atoms with Crippen LogP contribution in [0.3, 0.4) is 0 Å². The maximum atomic E-state index is 12.8. The number of carbonyl (C=O) groups is 2. The summed E-state index contributed by atoms with van der Waals surface area (Å²) in [7, 11) is 0. The summed E-state index contributed by atoms with van der Waals surface area (Å²) >= 11 is 0. The summed E-state index contributed by atoms with van der Waals surface area (Å²) in [6.07, 6.45) is 8.84. The van der Waals surface area contributed by atoms with Crippen LogP contribution in [0, 0.1) is 0 Å². The molecular formula is C23H35NO4. The van der Waals surface area contributed by atoms with Crippen LogP contribution in [0.1, 0.15) is 77.2 Å². The number of carbonyl (C=O) groups excluding carboxylic acids is 2. The number of benzene rings is 1. The van der Waals surface area contributed by atoms with Crippen LogP contribution in [0.2, 0.25) is 0 Å². The van der Waals surface area contributed by atoms with Gasteiger partial charge in [-0.05, 0) is 18.4 Å². The van der Waals surface area contributed by atoms with E-state index in [2.05, 4.69) is 6.92 Å². The van der Waals surface area contributed by atoms with Gasteiger partial charge in [0.1, 0.15) is 6.10 Å². The predicted molar refractivity (Wildman–Crippen MR) is 110 cm³/mol. The van der Waals surface area contributed by atoms with Gasteiger partial charge in [-0.1, -0.05) is 89.1 Å². The molecule has 1 fully saturated rings. The fraction of sp³-hybridized carbons (Fsp3) is 0.652. The molecule has 0 aromatic heterocycles. The van der Waals surface area contributed by atoms with E-state index in [1.807, 2.05) is 37.3 Å². The molecule has 0 saturated carbocycles. The lowest BCUT2D eigenvalue weighted by molar-refractivity contribution is -0.150. The van der Waals surface area contributed by atoms with Crippen molar-refractivity contribution in [2.45, 2.75) is 90.3 Å². The molecule has 0 radical (unpaired) electrons. The van der Waals surface area contributed by atoms with Gasteiger partial charge >= 0.3 is 12.1 Å². The number of amides is 1. The summed E-state index contributed by atoms with van der Waals surface area (Å²) in [6.45, 7) is 5.00. The molecule has 0 spiro atoms. The number of hydrogen-bond donors (Lipinski definition) is 0. The zero-order valence-corrected chi connectivity index (χ0v) is 17.4. The number of esters is 1. The van der Waals surface area contributed by atoms with Gasteiger partial charge in [0.2, 0.25) is 0 Å². The van der Waals surface area contributed by atoms with Gasteiger partial charge in [-0.15, -0.1) is 0 Å². The molecule has 1 aromatic carbocycles. The van der Waals surface area contributed by atoms with Gasteiger partial charge in [-0.25, -0.2) is 9.59 Å². The average Bonchev–Trinajstić information content (AvgIpc) is 3.00. The first-order valence-corrected chi connectivity index (χ1v) is 10.8. The van der Waals surface area contributed by atoms with Crippen LogP contribution in [0.5, 0.6) is 0 Å². The second kappa shape index (κ2) is 12.4. The SMILES string of the molecule is CCCCCCCCCOC(=O)[C@H]1[C@H](CCC)OC(=O)N1Cc1ccccc1. The molecule has 1 aliphatic heterocycles. The lowest BCUT2D eigenvalue weighted by atomic mass is 10.1. The Morgan fingerprint density at radius 1 is 1.00 bits per heavy atom. The summed E-state index contributed by atoms with van der Waals surface area (Å²) < 4.78 is 11.0. The number of cyclic esters (lactones) is 1. The second-order valence-electron chi connectivity index (χ2n) is 7.56. The molecule has 1 heterocycles. The van der Waals surface area contributed by atoms with Gasteiger partial charge in [-0.3, -0.25) is 4.90 Å². The monoisotopic (exact) mass is 389 g/mol. The van der Waals surface area contributed by atoms with Crippen molar-refractivity contribution in [2.75, 3.05) is 6.61 Å². The van der Waals surface area contributed by atoms with Crippen LogP contribution in [0.15, 0.2) is 30.3 Å². The van der Waals surface area contributed by atoms with Crippen LogP contribution in [0.25, 0.3) is 0 Å². The molecule has 2 rings (SSSR count). The van der Waals surface area contributed by atoms with E-state index >= 15 is 0 Å². The lowest BCUT2D eigenvalue weighted by Gasteiger charge is -2.23. The molecule has 156 valence electrons.